The quantitative estimate of drug-likeness (QED) is 0.537. The van der Waals surface area contributed by atoms with E-state index in [9.17, 15) is 0 Å². The number of fused-ring (bicyclic) bond motifs is 1. The maximum atomic E-state index is 9.00. The molecule has 1 aliphatic rings. The van der Waals surface area contributed by atoms with E-state index in [0.29, 0.717) is 6.04 Å². The Morgan fingerprint density at radius 2 is 1.89 bits per heavy atom. The number of carboxylic acids is 2. The SMILES string of the molecule is CC(=O)O.CC(=O)O.c1cc(-c2nccn2[C@@H]2CCCNC2)c2cc[nH]c2c1. The van der Waals surface area contributed by atoms with E-state index in [1.807, 2.05) is 12.4 Å². The molecule has 0 saturated carbocycles. The van der Waals surface area contributed by atoms with Crippen molar-refractivity contribution in [2.75, 3.05) is 13.1 Å². The summed E-state index contributed by atoms with van der Waals surface area (Å²) in [5.74, 6) is -0.594. The normalized spacial score (nSPS) is 15.7. The second-order valence-electron chi connectivity index (χ2n) is 6.44. The third kappa shape index (κ3) is 5.95. The van der Waals surface area contributed by atoms with Gasteiger partial charge in [-0.1, -0.05) is 12.1 Å². The van der Waals surface area contributed by atoms with E-state index in [1.54, 1.807) is 0 Å². The maximum absolute atomic E-state index is 9.00. The van der Waals surface area contributed by atoms with E-state index >= 15 is 0 Å². The van der Waals surface area contributed by atoms with Gasteiger partial charge in [0.2, 0.25) is 0 Å². The lowest BCUT2D eigenvalue weighted by Crippen LogP contribution is -2.31. The zero-order valence-electron chi connectivity index (χ0n) is 16.1. The number of H-pyrrole nitrogens is 1. The molecule has 3 heterocycles. The predicted molar refractivity (Wildman–Crippen MR) is 107 cm³/mol. The van der Waals surface area contributed by atoms with Crippen LogP contribution in [-0.2, 0) is 9.59 Å². The summed E-state index contributed by atoms with van der Waals surface area (Å²) >= 11 is 0. The molecule has 1 atom stereocenters. The predicted octanol–water partition coefficient (Wildman–Crippen LogP) is 3.14. The van der Waals surface area contributed by atoms with Gasteiger partial charge in [0.25, 0.3) is 11.9 Å². The van der Waals surface area contributed by atoms with Crippen LogP contribution in [0.2, 0.25) is 0 Å². The fourth-order valence-corrected chi connectivity index (χ4v) is 3.17. The third-order valence-corrected chi connectivity index (χ3v) is 4.17. The van der Waals surface area contributed by atoms with Crippen molar-refractivity contribution in [3.8, 4) is 11.4 Å². The van der Waals surface area contributed by atoms with Crippen molar-refractivity contribution in [3.05, 3.63) is 42.9 Å². The van der Waals surface area contributed by atoms with Crippen molar-refractivity contribution in [1.29, 1.82) is 0 Å². The minimum Gasteiger partial charge on any atom is -0.481 e. The molecule has 1 saturated heterocycles. The van der Waals surface area contributed by atoms with Crippen molar-refractivity contribution in [2.45, 2.75) is 32.7 Å². The molecule has 0 unspecified atom stereocenters. The average molecular weight is 386 g/mol. The maximum Gasteiger partial charge on any atom is 0.300 e. The number of piperidine rings is 1. The van der Waals surface area contributed by atoms with Crippen LogP contribution in [-0.4, -0.2) is 49.8 Å². The number of hydrogen-bond acceptors (Lipinski definition) is 4. The highest BCUT2D eigenvalue weighted by molar-refractivity contribution is 5.93. The number of aromatic nitrogens is 3. The van der Waals surface area contributed by atoms with Gasteiger partial charge in [0.15, 0.2) is 0 Å². The minimum absolute atomic E-state index is 0.510. The molecule has 8 heteroatoms. The molecule has 4 rings (SSSR count). The van der Waals surface area contributed by atoms with Gasteiger partial charge in [-0.25, -0.2) is 4.98 Å². The number of benzene rings is 1. The van der Waals surface area contributed by atoms with Crippen LogP contribution < -0.4 is 5.32 Å². The van der Waals surface area contributed by atoms with E-state index in [-0.39, 0.29) is 0 Å². The van der Waals surface area contributed by atoms with Gasteiger partial charge in [-0.05, 0) is 31.5 Å². The largest absolute Gasteiger partial charge is 0.481 e. The molecule has 1 fully saturated rings. The number of hydrogen-bond donors (Lipinski definition) is 4. The van der Waals surface area contributed by atoms with E-state index < -0.39 is 11.9 Å². The molecule has 150 valence electrons. The number of carbonyl (C=O) groups is 2. The molecule has 0 amide bonds. The van der Waals surface area contributed by atoms with Crippen molar-refractivity contribution in [2.24, 2.45) is 0 Å². The number of nitrogens with zero attached hydrogens (tertiary/aromatic N) is 2. The lowest BCUT2D eigenvalue weighted by molar-refractivity contribution is -0.135. The summed E-state index contributed by atoms with van der Waals surface area (Å²) < 4.78 is 2.33. The molecule has 0 spiro atoms. The molecule has 0 aliphatic carbocycles. The number of rotatable bonds is 2. The summed E-state index contributed by atoms with van der Waals surface area (Å²) in [5.41, 5.74) is 2.37. The highest BCUT2D eigenvalue weighted by Gasteiger charge is 2.19. The highest BCUT2D eigenvalue weighted by Crippen LogP contribution is 2.30. The number of nitrogens with one attached hydrogen (secondary N) is 2. The van der Waals surface area contributed by atoms with Crippen LogP contribution >= 0.6 is 0 Å². The van der Waals surface area contributed by atoms with Gasteiger partial charge in [-0.3, -0.25) is 9.59 Å². The van der Waals surface area contributed by atoms with Gasteiger partial charge in [0, 0.05) is 61.5 Å². The fraction of sp³-hybridized carbons (Fsp3) is 0.350. The van der Waals surface area contributed by atoms with Gasteiger partial charge in [-0.15, -0.1) is 0 Å². The summed E-state index contributed by atoms with van der Waals surface area (Å²) in [4.78, 5) is 25.9. The molecule has 4 N–H and O–H groups in total. The Hall–Kier alpha value is -3.13. The lowest BCUT2D eigenvalue weighted by Gasteiger charge is -2.25. The summed E-state index contributed by atoms with van der Waals surface area (Å²) in [6.45, 7) is 4.33. The van der Waals surface area contributed by atoms with Crippen LogP contribution in [0.5, 0.6) is 0 Å². The first-order chi connectivity index (χ1) is 13.4. The number of aliphatic carboxylic acids is 2. The average Bonchev–Trinajstić information content (AvgIpc) is 3.30. The molecule has 8 nitrogen and oxygen atoms in total. The van der Waals surface area contributed by atoms with Crippen LogP contribution in [0, 0.1) is 0 Å². The Morgan fingerprint density at radius 3 is 2.54 bits per heavy atom. The summed E-state index contributed by atoms with van der Waals surface area (Å²) in [7, 11) is 0. The van der Waals surface area contributed by atoms with E-state index in [0.717, 1.165) is 32.8 Å². The third-order valence-electron chi connectivity index (χ3n) is 4.17. The molecule has 2 aromatic heterocycles. The standard InChI is InChI=1S/C16H18N4.2C2H4O2/c1-4-14(13-6-8-18-15(13)5-1)16-19-9-10-20(16)12-3-2-7-17-11-12;2*1-2(3)4/h1,4-6,8-10,12,17-18H,2-3,7,11H2;2*1H3,(H,3,4)/t12-;;/m1../s1. The number of imidazole rings is 1. The zero-order valence-corrected chi connectivity index (χ0v) is 16.1. The monoisotopic (exact) mass is 386 g/mol. The first kappa shape index (κ1) is 21.2. The zero-order chi connectivity index (χ0) is 20.5. The van der Waals surface area contributed by atoms with Gasteiger partial charge in [-0.2, -0.15) is 0 Å². The van der Waals surface area contributed by atoms with E-state index in [1.165, 1.54) is 29.3 Å². The minimum atomic E-state index is -0.833. The van der Waals surface area contributed by atoms with Crippen molar-refractivity contribution in [1.82, 2.24) is 19.9 Å². The second-order valence-corrected chi connectivity index (χ2v) is 6.44. The second kappa shape index (κ2) is 10.3. The Morgan fingerprint density at radius 1 is 1.18 bits per heavy atom. The molecular formula is C20H26N4O4. The topological polar surface area (TPSA) is 120 Å². The Kier molecular flexibility index (Phi) is 7.76. The van der Waals surface area contributed by atoms with Crippen molar-refractivity contribution >= 4 is 22.8 Å². The smallest absolute Gasteiger partial charge is 0.300 e. The Bertz CT molecular complexity index is 890. The first-order valence-corrected chi connectivity index (χ1v) is 9.09. The molecular weight excluding hydrogens is 360 g/mol. The van der Waals surface area contributed by atoms with Gasteiger partial charge in [0.05, 0.1) is 0 Å². The van der Waals surface area contributed by atoms with Crippen molar-refractivity contribution in [3.63, 3.8) is 0 Å². The van der Waals surface area contributed by atoms with E-state index in [2.05, 4.69) is 50.3 Å². The van der Waals surface area contributed by atoms with Crippen LogP contribution in [0.4, 0.5) is 0 Å². The molecule has 3 aromatic rings. The Balaban J connectivity index is 0.000000302. The van der Waals surface area contributed by atoms with E-state index in [4.69, 9.17) is 19.8 Å². The molecule has 1 aromatic carbocycles. The summed E-state index contributed by atoms with van der Waals surface area (Å²) in [6, 6.07) is 8.99. The molecule has 1 aliphatic heterocycles. The molecule has 28 heavy (non-hydrogen) atoms. The lowest BCUT2D eigenvalue weighted by atomic mass is 10.1. The van der Waals surface area contributed by atoms with Crippen LogP contribution in [0.25, 0.3) is 22.3 Å². The van der Waals surface area contributed by atoms with Crippen LogP contribution in [0.15, 0.2) is 42.9 Å². The highest BCUT2D eigenvalue weighted by atomic mass is 16.4. The van der Waals surface area contributed by atoms with Gasteiger partial charge < -0.3 is 25.1 Å². The summed E-state index contributed by atoms with van der Waals surface area (Å²) in [5, 5.41) is 19.6. The molecule has 0 bridgehead atoms. The van der Waals surface area contributed by atoms with Gasteiger partial charge >= 0.3 is 0 Å². The number of carboxylic acid groups (broad SMARTS) is 2. The van der Waals surface area contributed by atoms with Crippen LogP contribution in [0.3, 0.4) is 0 Å². The summed E-state index contributed by atoms with van der Waals surface area (Å²) in [6.07, 6.45) is 8.47. The first-order valence-electron chi connectivity index (χ1n) is 9.09. The number of aromatic amines is 1. The molecule has 0 radical (unpaired) electrons. The fourth-order valence-electron chi connectivity index (χ4n) is 3.17. The van der Waals surface area contributed by atoms with Crippen LogP contribution in [0.1, 0.15) is 32.7 Å². The van der Waals surface area contributed by atoms with Crippen molar-refractivity contribution < 1.29 is 19.8 Å². The Labute approximate surface area is 163 Å². The van der Waals surface area contributed by atoms with Gasteiger partial charge in [0.1, 0.15) is 5.82 Å².